The summed E-state index contributed by atoms with van der Waals surface area (Å²) in [5.74, 6) is -0.551. The number of rotatable bonds is 7. The second-order valence-electron chi connectivity index (χ2n) is 6.27. The molecule has 0 aliphatic carbocycles. The van der Waals surface area contributed by atoms with Gasteiger partial charge in [-0.15, -0.1) is 0 Å². The molecule has 0 amide bonds. The standard InChI is InChI=1S/C20H23NO5S/c1-2-21(17-9-4-3-5-10-17)27(23,24)19-12-6-8-16(14-19)20(22)26-15-18-11-7-13-25-18/h3-6,8-10,12,14,18H,2,7,11,13,15H2,1H3. The van der Waals surface area contributed by atoms with Crippen LogP contribution in [0.4, 0.5) is 5.69 Å². The number of para-hydroxylation sites is 1. The van der Waals surface area contributed by atoms with Crippen LogP contribution in [0, 0.1) is 0 Å². The lowest BCUT2D eigenvalue weighted by atomic mass is 10.2. The summed E-state index contributed by atoms with van der Waals surface area (Å²) in [5, 5.41) is 0. The Morgan fingerprint density at radius 2 is 1.96 bits per heavy atom. The maximum absolute atomic E-state index is 13.1. The normalized spacial score (nSPS) is 16.9. The van der Waals surface area contributed by atoms with E-state index < -0.39 is 16.0 Å². The molecule has 7 heteroatoms. The Labute approximate surface area is 159 Å². The zero-order valence-electron chi connectivity index (χ0n) is 15.2. The van der Waals surface area contributed by atoms with Crippen molar-refractivity contribution in [3.63, 3.8) is 0 Å². The van der Waals surface area contributed by atoms with Crippen molar-refractivity contribution in [1.82, 2.24) is 0 Å². The molecule has 2 aromatic rings. The maximum Gasteiger partial charge on any atom is 0.338 e. The van der Waals surface area contributed by atoms with E-state index in [0.29, 0.717) is 12.3 Å². The first kappa shape index (κ1) is 19.4. The lowest BCUT2D eigenvalue weighted by Crippen LogP contribution is -2.30. The van der Waals surface area contributed by atoms with Crippen LogP contribution in [-0.2, 0) is 19.5 Å². The minimum Gasteiger partial charge on any atom is -0.459 e. The molecule has 1 aliphatic heterocycles. The highest BCUT2D eigenvalue weighted by Gasteiger charge is 2.25. The van der Waals surface area contributed by atoms with Gasteiger partial charge in [0.15, 0.2) is 0 Å². The molecule has 1 atom stereocenters. The van der Waals surface area contributed by atoms with Crippen molar-refractivity contribution in [3.8, 4) is 0 Å². The highest BCUT2D eigenvalue weighted by molar-refractivity contribution is 7.92. The number of anilines is 1. The number of hydrogen-bond donors (Lipinski definition) is 0. The minimum atomic E-state index is -3.79. The lowest BCUT2D eigenvalue weighted by Gasteiger charge is -2.23. The molecule has 0 aromatic heterocycles. The van der Waals surface area contributed by atoms with Crippen LogP contribution in [0.1, 0.15) is 30.1 Å². The summed E-state index contributed by atoms with van der Waals surface area (Å²) in [6, 6.07) is 14.8. The van der Waals surface area contributed by atoms with Crippen molar-refractivity contribution in [3.05, 3.63) is 60.2 Å². The predicted octanol–water partition coefficient (Wildman–Crippen LogP) is 3.24. The molecule has 0 spiro atoms. The summed E-state index contributed by atoms with van der Waals surface area (Å²) in [4.78, 5) is 12.4. The van der Waals surface area contributed by atoms with Crippen LogP contribution in [0.15, 0.2) is 59.5 Å². The van der Waals surface area contributed by atoms with E-state index in [4.69, 9.17) is 9.47 Å². The van der Waals surface area contributed by atoms with Gasteiger partial charge in [0.05, 0.1) is 22.3 Å². The van der Waals surface area contributed by atoms with E-state index in [2.05, 4.69) is 0 Å². The average molecular weight is 389 g/mol. The molecule has 6 nitrogen and oxygen atoms in total. The molecule has 0 radical (unpaired) electrons. The SMILES string of the molecule is CCN(c1ccccc1)S(=O)(=O)c1cccc(C(=O)OCC2CCCO2)c1. The monoisotopic (exact) mass is 389 g/mol. The van der Waals surface area contributed by atoms with Gasteiger partial charge in [-0.05, 0) is 50.1 Å². The number of benzene rings is 2. The molecule has 3 rings (SSSR count). The Balaban J connectivity index is 1.79. The van der Waals surface area contributed by atoms with Gasteiger partial charge in [0.2, 0.25) is 0 Å². The van der Waals surface area contributed by atoms with Crippen molar-refractivity contribution in [1.29, 1.82) is 0 Å². The molecule has 1 saturated heterocycles. The van der Waals surface area contributed by atoms with Crippen LogP contribution in [0.3, 0.4) is 0 Å². The third-order valence-corrected chi connectivity index (χ3v) is 6.31. The molecule has 27 heavy (non-hydrogen) atoms. The molecule has 2 aromatic carbocycles. The van der Waals surface area contributed by atoms with E-state index in [1.165, 1.54) is 16.4 Å². The summed E-state index contributed by atoms with van der Waals surface area (Å²) < 4.78 is 38.1. The van der Waals surface area contributed by atoms with E-state index in [1.54, 1.807) is 43.3 Å². The van der Waals surface area contributed by atoms with E-state index in [1.807, 2.05) is 6.07 Å². The summed E-state index contributed by atoms with van der Waals surface area (Å²) in [6.07, 6.45) is 1.75. The Morgan fingerprint density at radius 3 is 2.63 bits per heavy atom. The Kier molecular flexibility index (Phi) is 6.13. The smallest absolute Gasteiger partial charge is 0.338 e. The van der Waals surface area contributed by atoms with Gasteiger partial charge >= 0.3 is 5.97 Å². The molecule has 1 aliphatic rings. The predicted molar refractivity (Wildman–Crippen MR) is 102 cm³/mol. The Hall–Kier alpha value is -2.38. The second-order valence-corrected chi connectivity index (χ2v) is 8.13. The number of esters is 1. The third-order valence-electron chi connectivity index (χ3n) is 4.41. The van der Waals surface area contributed by atoms with E-state index >= 15 is 0 Å². The Bertz CT molecular complexity index is 876. The van der Waals surface area contributed by atoms with E-state index in [9.17, 15) is 13.2 Å². The van der Waals surface area contributed by atoms with E-state index in [-0.39, 0.29) is 29.7 Å². The zero-order valence-corrected chi connectivity index (χ0v) is 16.0. The van der Waals surface area contributed by atoms with Gasteiger partial charge in [-0.1, -0.05) is 24.3 Å². The highest BCUT2D eigenvalue weighted by Crippen LogP contribution is 2.24. The summed E-state index contributed by atoms with van der Waals surface area (Å²) in [5.41, 5.74) is 0.782. The largest absolute Gasteiger partial charge is 0.459 e. The van der Waals surface area contributed by atoms with Gasteiger partial charge in [0.25, 0.3) is 10.0 Å². The average Bonchev–Trinajstić information content (AvgIpc) is 3.21. The van der Waals surface area contributed by atoms with Gasteiger partial charge in [-0.3, -0.25) is 4.31 Å². The van der Waals surface area contributed by atoms with Gasteiger partial charge in [0, 0.05) is 13.2 Å². The van der Waals surface area contributed by atoms with Crippen LogP contribution in [0.25, 0.3) is 0 Å². The molecule has 0 N–H and O–H groups in total. The quantitative estimate of drug-likeness (QED) is 0.680. The van der Waals surface area contributed by atoms with Gasteiger partial charge < -0.3 is 9.47 Å². The number of sulfonamides is 1. The molecular formula is C20H23NO5S. The van der Waals surface area contributed by atoms with Crippen molar-refractivity contribution < 1.29 is 22.7 Å². The number of ether oxygens (including phenoxy) is 2. The van der Waals surface area contributed by atoms with Crippen LogP contribution < -0.4 is 4.31 Å². The Morgan fingerprint density at radius 1 is 1.19 bits per heavy atom. The molecule has 1 unspecified atom stereocenters. The first-order valence-corrected chi connectivity index (χ1v) is 10.4. The summed E-state index contributed by atoms with van der Waals surface area (Å²) >= 11 is 0. The fourth-order valence-electron chi connectivity index (χ4n) is 3.02. The molecule has 1 fully saturated rings. The number of carbonyl (C=O) groups is 1. The lowest BCUT2D eigenvalue weighted by molar-refractivity contribution is 0.0161. The van der Waals surface area contributed by atoms with E-state index in [0.717, 1.165) is 12.8 Å². The van der Waals surface area contributed by atoms with Crippen molar-refractivity contribution >= 4 is 21.7 Å². The second kappa shape index (κ2) is 8.54. The van der Waals surface area contributed by atoms with Crippen LogP contribution >= 0.6 is 0 Å². The topological polar surface area (TPSA) is 72.9 Å². The van der Waals surface area contributed by atoms with Crippen molar-refractivity contribution in [2.24, 2.45) is 0 Å². The molecule has 0 bridgehead atoms. The fraction of sp³-hybridized carbons (Fsp3) is 0.350. The van der Waals surface area contributed by atoms with Crippen molar-refractivity contribution in [2.45, 2.75) is 30.8 Å². The minimum absolute atomic E-state index is 0.0553. The molecular weight excluding hydrogens is 366 g/mol. The van der Waals surface area contributed by atoms with Gasteiger partial charge in [-0.2, -0.15) is 0 Å². The van der Waals surface area contributed by atoms with Crippen LogP contribution in [-0.4, -0.2) is 40.2 Å². The van der Waals surface area contributed by atoms with Crippen LogP contribution in [0.2, 0.25) is 0 Å². The molecule has 1 heterocycles. The number of hydrogen-bond acceptors (Lipinski definition) is 5. The molecule has 144 valence electrons. The zero-order chi connectivity index (χ0) is 19.3. The van der Waals surface area contributed by atoms with Crippen molar-refractivity contribution in [2.75, 3.05) is 24.1 Å². The van der Waals surface area contributed by atoms with Gasteiger partial charge in [0.1, 0.15) is 6.61 Å². The maximum atomic E-state index is 13.1. The fourth-order valence-corrected chi connectivity index (χ4v) is 4.54. The van der Waals surface area contributed by atoms with Crippen LogP contribution in [0.5, 0.6) is 0 Å². The first-order valence-electron chi connectivity index (χ1n) is 8.99. The van der Waals surface area contributed by atoms with Gasteiger partial charge in [-0.25, -0.2) is 13.2 Å². The number of nitrogens with zero attached hydrogens (tertiary/aromatic N) is 1. The number of carbonyl (C=O) groups excluding carboxylic acids is 1. The molecule has 0 saturated carbocycles. The third kappa shape index (κ3) is 4.48. The summed E-state index contributed by atoms with van der Waals surface area (Å²) in [7, 11) is -3.79. The summed E-state index contributed by atoms with van der Waals surface area (Å²) in [6.45, 7) is 2.91. The first-order chi connectivity index (χ1) is 13.0. The highest BCUT2D eigenvalue weighted by atomic mass is 32.2.